The van der Waals surface area contributed by atoms with Gasteiger partial charge in [0.05, 0.1) is 17.6 Å². The average Bonchev–Trinajstić information content (AvgIpc) is 2.88. The summed E-state index contributed by atoms with van der Waals surface area (Å²) in [6.07, 6.45) is 2.40. The van der Waals surface area contributed by atoms with Crippen molar-refractivity contribution in [2.24, 2.45) is 0 Å². The molecule has 0 saturated carbocycles. The lowest BCUT2D eigenvalue weighted by Crippen LogP contribution is -2.70. The highest BCUT2D eigenvalue weighted by atomic mass is 35.5. The molecule has 2 fully saturated rings. The molecule has 186 valence electrons. The van der Waals surface area contributed by atoms with Crippen molar-refractivity contribution < 1.29 is 14.9 Å². The maximum absolute atomic E-state index is 11.2. The molecule has 2 N–H and O–H groups in total. The molecule has 3 aromatic rings. The highest BCUT2D eigenvalue weighted by molar-refractivity contribution is 5.85. The van der Waals surface area contributed by atoms with Crippen molar-refractivity contribution >= 4 is 12.4 Å². The molecule has 0 spiro atoms. The fourth-order valence-corrected chi connectivity index (χ4v) is 6.15. The molecule has 0 radical (unpaired) electrons. The normalized spacial score (nSPS) is 27.6. The lowest BCUT2D eigenvalue weighted by Gasteiger charge is -2.59. The van der Waals surface area contributed by atoms with Crippen LogP contribution in [0.4, 0.5) is 0 Å². The minimum absolute atomic E-state index is 0. The van der Waals surface area contributed by atoms with Gasteiger partial charge in [-0.25, -0.2) is 0 Å². The average molecular weight is 494 g/mol. The molecule has 0 aliphatic carbocycles. The van der Waals surface area contributed by atoms with Crippen LogP contribution in [0, 0.1) is 0 Å². The molecule has 0 aromatic heterocycles. The van der Waals surface area contributed by atoms with Crippen molar-refractivity contribution in [3.8, 4) is 16.9 Å². The van der Waals surface area contributed by atoms with E-state index in [1.165, 1.54) is 0 Å². The zero-order valence-electron chi connectivity index (χ0n) is 20.3. The predicted octanol–water partition coefficient (Wildman–Crippen LogP) is 5.59. The first kappa shape index (κ1) is 25.7. The zero-order valence-corrected chi connectivity index (χ0v) is 21.2. The maximum atomic E-state index is 11.2. The van der Waals surface area contributed by atoms with Crippen molar-refractivity contribution in [3.05, 3.63) is 90.0 Å². The van der Waals surface area contributed by atoms with Crippen LogP contribution in [0.25, 0.3) is 11.1 Å². The number of nitrogens with zero attached hydrogens (tertiary/aromatic N) is 1. The third-order valence-electron chi connectivity index (χ3n) is 7.86. The van der Waals surface area contributed by atoms with Gasteiger partial charge in [-0.3, -0.25) is 4.90 Å². The Labute approximate surface area is 215 Å². The summed E-state index contributed by atoms with van der Waals surface area (Å²) in [6, 6.07) is 27.0. The number of fused-ring (bicyclic) bond motifs is 2. The molecular weight excluding hydrogens is 458 g/mol. The Morgan fingerprint density at radius 3 is 1.97 bits per heavy atom. The number of ether oxygens (including phenoxy) is 1. The Morgan fingerprint density at radius 2 is 1.40 bits per heavy atom. The van der Waals surface area contributed by atoms with Crippen LogP contribution in [-0.4, -0.2) is 46.5 Å². The number of halogens is 1. The Balaban J connectivity index is 0.00000289. The largest absolute Gasteiger partial charge is 0.489 e. The summed E-state index contributed by atoms with van der Waals surface area (Å²) >= 11 is 0. The summed E-state index contributed by atoms with van der Waals surface area (Å²) in [6.45, 7) is 4.57. The standard InChI is InChI=1S/C30H35NO3.ClH/c1-2-6-27-30(28(32)17-19-31(27)20-18-29(30)33)25-13-9-23(10-14-25)24-11-15-26(16-12-24)34-21-22-7-4-3-5-8-22;/h3-5,7-16,27-29,32-33H,2,6,17-21H2,1H3;1H. The molecule has 2 bridgehead atoms. The maximum Gasteiger partial charge on any atom is 0.119 e. The molecule has 35 heavy (non-hydrogen) atoms. The second-order valence-corrected chi connectivity index (χ2v) is 9.76. The van der Waals surface area contributed by atoms with Crippen LogP contribution in [0.1, 0.15) is 43.7 Å². The summed E-state index contributed by atoms with van der Waals surface area (Å²) in [5.41, 5.74) is 3.84. The van der Waals surface area contributed by atoms with E-state index in [1.807, 2.05) is 30.3 Å². The summed E-state index contributed by atoms with van der Waals surface area (Å²) < 4.78 is 5.92. The van der Waals surface area contributed by atoms with E-state index in [0.717, 1.165) is 53.9 Å². The van der Waals surface area contributed by atoms with Crippen LogP contribution in [0.15, 0.2) is 78.9 Å². The highest BCUT2D eigenvalue weighted by Crippen LogP contribution is 2.48. The van der Waals surface area contributed by atoms with E-state index in [-0.39, 0.29) is 18.4 Å². The van der Waals surface area contributed by atoms with Gasteiger partial charge in [-0.05, 0) is 53.6 Å². The van der Waals surface area contributed by atoms with Gasteiger partial charge in [0.25, 0.3) is 0 Å². The molecule has 2 aliphatic heterocycles. The van der Waals surface area contributed by atoms with Crippen LogP contribution in [0.3, 0.4) is 0 Å². The molecule has 2 heterocycles. The number of aliphatic hydroxyl groups excluding tert-OH is 2. The number of aliphatic hydroxyl groups is 2. The van der Waals surface area contributed by atoms with Crippen LogP contribution >= 0.6 is 12.4 Å². The summed E-state index contributed by atoms with van der Waals surface area (Å²) in [4.78, 5) is 2.49. The molecule has 3 aromatic carbocycles. The van der Waals surface area contributed by atoms with Gasteiger partial charge in [0, 0.05) is 19.1 Å². The minimum atomic E-state index is -0.611. The van der Waals surface area contributed by atoms with E-state index in [9.17, 15) is 10.2 Å². The third-order valence-corrected chi connectivity index (χ3v) is 7.86. The van der Waals surface area contributed by atoms with E-state index < -0.39 is 17.6 Å². The van der Waals surface area contributed by atoms with Gasteiger partial charge >= 0.3 is 0 Å². The summed E-state index contributed by atoms with van der Waals surface area (Å²) in [7, 11) is 0. The number of piperidine rings is 2. The molecule has 3 atom stereocenters. The van der Waals surface area contributed by atoms with E-state index in [0.29, 0.717) is 19.4 Å². The Bertz CT molecular complexity index is 1060. The predicted molar refractivity (Wildman–Crippen MR) is 143 cm³/mol. The first-order valence-electron chi connectivity index (χ1n) is 12.6. The van der Waals surface area contributed by atoms with Gasteiger partial charge in [-0.15, -0.1) is 12.4 Å². The number of benzene rings is 3. The Hall–Kier alpha value is -2.37. The first-order chi connectivity index (χ1) is 16.6. The molecule has 5 heteroatoms. The molecule has 2 aliphatic rings. The quantitative estimate of drug-likeness (QED) is 0.450. The zero-order chi connectivity index (χ0) is 23.5. The second kappa shape index (κ2) is 11.1. The van der Waals surface area contributed by atoms with Crippen molar-refractivity contribution in [1.29, 1.82) is 0 Å². The Morgan fingerprint density at radius 1 is 0.829 bits per heavy atom. The summed E-state index contributed by atoms with van der Waals surface area (Å²) in [5, 5.41) is 22.5. The van der Waals surface area contributed by atoms with Gasteiger partial charge in [-0.1, -0.05) is 80.1 Å². The van der Waals surface area contributed by atoms with Gasteiger partial charge < -0.3 is 14.9 Å². The van der Waals surface area contributed by atoms with Crippen LogP contribution in [0.2, 0.25) is 0 Å². The fourth-order valence-electron chi connectivity index (χ4n) is 6.15. The van der Waals surface area contributed by atoms with E-state index >= 15 is 0 Å². The fraction of sp³-hybridized carbons (Fsp3) is 0.400. The highest BCUT2D eigenvalue weighted by Gasteiger charge is 2.57. The van der Waals surface area contributed by atoms with Crippen molar-refractivity contribution in [2.75, 3.05) is 13.1 Å². The summed E-state index contributed by atoms with van der Waals surface area (Å²) in [5.74, 6) is 0.848. The Kier molecular flexibility index (Phi) is 8.18. The van der Waals surface area contributed by atoms with Crippen LogP contribution < -0.4 is 4.74 Å². The second-order valence-electron chi connectivity index (χ2n) is 9.76. The molecular formula is C30H36ClNO3. The molecule has 3 unspecified atom stereocenters. The number of hydrogen-bond donors (Lipinski definition) is 2. The molecule has 4 nitrogen and oxygen atoms in total. The monoisotopic (exact) mass is 493 g/mol. The van der Waals surface area contributed by atoms with Gasteiger partial charge in [0.1, 0.15) is 12.4 Å². The van der Waals surface area contributed by atoms with Gasteiger partial charge in [0.15, 0.2) is 0 Å². The lowest BCUT2D eigenvalue weighted by molar-refractivity contribution is -0.134. The van der Waals surface area contributed by atoms with Crippen molar-refractivity contribution in [1.82, 2.24) is 4.90 Å². The first-order valence-corrected chi connectivity index (χ1v) is 12.6. The van der Waals surface area contributed by atoms with E-state index in [4.69, 9.17) is 4.74 Å². The molecule has 2 saturated heterocycles. The molecule has 5 rings (SSSR count). The van der Waals surface area contributed by atoms with E-state index in [2.05, 4.69) is 60.4 Å². The van der Waals surface area contributed by atoms with E-state index in [1.54, 1.807) is 0 Å². The topological polar surface area (TPSA) is 52.9 Å². The third kappa shape index (κ3) is 4.85. The minimum Gasteiger partial charge on any atom is -0.489 e. The SMILES string of the molecule is CCCC1N2CCC(O)C1(c1ccc(-c3ccc(OCc4ccccc4)cc3)cc1)C(O)CC2.Cl. The number of rotatable bonds is 7. The van der Waals surface area contributed by atoms with Gasteiger partial charge in [0.2, 0.25) is 0 Å². The smallest absolute Gasteiger partial charge is 0.119 e. The molecule has 0 amide bonds. The van der Waals surface area contributed by atoms with Crippen molar-refractivity contribution in [3.63, 3.8) is 0 Å². The van der Waals surface area contributed by atoms with Gasteiger partial charge in [-0.2, -0.15) is 0 Å². The van der Waals surface area contributed by atoms with Crippen LogP contribution in [0.5, 0.6) is 5.75 Å². The van der Waals surface area contributed by atoms with Crippen molar-refractivity contribution in [2.45, 2.75) is 62.9 Å². The lowest BCUT2D eigenvalue weighted by atomic mass is 9.59. The van der Waals surface area contributed by atoms with Crippen LogP contribution in [-0.2, 0) is 12.0 Å². The number of hydrogen-bond acceptors (Lipinski definition) is 4.